The number of carbonyl (C=O) groups excluding carboxylic acids is 1. The zero-order valence-corrected chi connectivity index (χ0v) is 21.2. The molecule has 1 amide bonds. The van der Waals surface area contributed by atoms with E-state index in [1.807, 2.05) is 25.7 Å². The highest BCUT2D eigenvalue weighted by molar-refractivity contribution is 7.16. The number of anilines is 1. The van der Waals surface area contributed by atoms with Crippen LogP contribution in [-0.4, -0.2) is 72.8 Å². The predicted octanol–water partition coefficient (Wildman–Crippen LogP) is 3.47. The summed E-state index contributed by atoms with van der Waals surface area (Å²) in [7, 11) is 0. The number of rotatable bonds is 7. The first-order valence-electron chi connectivity index (χ1n) is 11.5. The summed E-state index contributed by atoms with van der Waals surface area (Å²) in [6.07, 6.45) is -0.234. The molecule has 1 aliphatic heterocycles. The second-order valence-corrected chi connectivity index (χ2v) is 9.67. The molecule has 0 aromatic carbocycles. The van der Waals surface area contributed by atoms with Crippen molar-refractivity contribution in [3.8, 4) is 17.3 Å². The highest BCUT2D eigenvalue weighted by atomic mass is 32.1. The van der Waals surface area contributed by atoms with Gasteiger partial charge >= 0.3 is 12.2 Å². The van der Waals surface area contributed by atoms with Crippen LogP contribution in [0.2, 0.25) is 0 Å². The topological polar surface area (TPSA) is 102 Å². The Kier molecular flexibility index (Phi) is 7.43. The molecule has 0 bridgehead atoms. The molecule has 14 heteroatoms. The molecule has 1 fully saturated rings. The summed E-state index contributed by atoms with van der Waals surface area (Å²) in [6, 6.07) is -0.0945. The highest BCUT2D eigenvalue weighted by Crippen LogP contribution is 2.43. The number of halogens is 3. The van der Waals surface area contributed by atoms with Crippen LogP contribution in [0.15, 0.2) is 18.7 Å². The highest BCUT2D eigenvalue weighted by Gasteiger charge is 2.38. The maximum absolute atomic E-state index is 13.5. The average Bonchev–Trinajstić information content (AvgIpc) is 3.47. The number of thiazole rings is 1. The lowest BCUT2D eigenvalue weighted by Gasteiger charge is -2.40. The minimum Gasteiger partial charge on any atom is -0.464 e. The molecule has 4 rings (SSSR count). The van der Waals surface area contributed by atoms with E-state index in [1.54, 1.807) is 11.8 Å². The van der Waals surface area contributed by atoms with Gasteiger partial charge in [-0.05, 0) is 13.8 Å². The van der Waals surface area contributed by atoms with Crippen molar-refractivity contribution in [2.75, 3.05) is 31.1 Å². The lowest BCUT2D eigenvalue weighted by molar-refractivity contribution is -0.137. The van der Waals surface area contributed by atoms with Crippen LogP contribution in [0.5, 0.6) is 6.01 Å². The molecule has 3 aromatic heterocycles. The van der Waals surface area contributed by atoms with Crippen LogP contribution in [0.3, 0.4) is 0 Å². The van der Waals surface area contributed by atoms with Crippen molar-refractivity contribution in [3.05, 3.63) is 29.6 Å². The van der Waals surface area contributed by atoms with Crippen LogP contribution in [0.25, 0.3) is 11.3 Å². The quantitative estimate of drug-likeness (QED) is 0.463. The van der Waals surface area contributed by atoms with E-state index < -0.39 is 11.2 Å². The first kappa shape index (κ1) is 25.8. The number of hydrogen-bond donors (Lipinski definition) is 0. The predicted molar refractivity (Wildman–Crippen MR) is 127 cm³/mol. The Hall–Kier alpha value is -3.29. The van der Waals surface area contributed by atoms with Crippen molar-refractivity contribution in [2.45, 2.75) is 52.4 Å². The van der Waals surface area contributed by atoms with Crippen LogP contribution in [0.1, 0.15) is 44.4 Å². The van der Waals surface area contributed by atoms with Crippen molar-refractivity contribution < 1.29 is 22.7 Å². The summed E-state index contributed by atoms with van der Waals surface area (Å²) in [5, 5.41) is 3.76. The first-order valence-corrected chi connectivity index (χ1v) is 12.4. The van der Waals surface area contributed by atoms with Gasteiger partial charge in [-0.25, -0.2) is 24.6 Å². The molecule has 0 radical (unpaired) electrons. The molecule has 194 valence electrons. The van der Waals surface area contributed by atoms with Gasteiger partial charge in [0.2, 0.25) is 10.9 Å². The summed E-state index contributed by atoms with van der Waals surface area (Å²) in [5.41, 5.74) is 0.518. The maximum Gasteiger partial charge on any atom is 0.443 e. The lowest BCUT2D eigenvalue weighted by Crippen LogP contribution is -2.54. The minimum atomic E-state index is -4.58. The van der Waals surface area contributed by atoms with Gasteiger partial charge in [0.1, 0.15) is 23.6 Å². The Bertz CT molecular complexity index is 1190. The smallest absolute Gasteiger partial charge is 0.443 e. The molecule has 1 aliphatic rings. The van der Waals surface area contributed by atoms with Gasteiger partial charge in [0, 0.05) is 49.6 Å². The SMILES string of the molecule is CCOc1ncc(-c2nc(C(F)(F)F)sc2N2CCN(C(=O)Cn3cnc(C(C)C)n3)[C@H](C)C2)cn1. The number of hydrogen-bond acceptors (Lipinski definition) is 9. The third-order valence-corrected chi connectivity index (χ3v) is 6.79. The Labute approximate surface area is 210 Å². The monoisotopic (exact) mass is 524 g/mol. The van der Waals surface area contributed by atoms with Gasteiger partial charge in [0.05, 0.1) is 6.61 Å². The third kappa shape index (κ3) is 5.58. The Morgan fingerprint density at radius 1 is 1.22 bits per heavy atom. The summed E-state index contributed by atoms with van der Waals surface area (Å²) in [6.45, 7) is 9.08. The summed E-state index contributed by atoms with van der Waals surface area (Å²) >= 11 is 0.579. The number of alkyl halides is 3. The van der Waals surface area contributed by atoms with Crippen LogP contribution in [0.4, 0.5) is 18.2 Å². The molecule has 36 heavy (non-hydrogen) atoms. The van der Waals surface area contributed by atoms with Gasteiger partial charge in [-0.15, -0.1) is 0 Å². The second kappa shape index (κ2) is 10.4. The van der Waals surface area contributed by atoms with Crippen molar-refractivity contribution in [2.24, 2.45) is 0 Å². The average molecular weight is 525 g/mol. The van der Waals surface area contributed by atoms with E-state index >= 15 is 0 Å². The fraction of sp³-hybridized carbons (Fsp3) is 0.545. The van der Waals surface area contributed by atoms with Crippen molar-refractivity contribution in [1.29, 1.82) is 0 Å². The van der Waals surface area contributed by atoms with Gasteiger partial charge in [0.25, 0.3) is 0 Å². The van der Waals surface area contributed by atoms with E-state index in [0.29, 0.717) is 54.0 Å². The molecule has 3 aromatic rings. The van der Waals surface area contributed by atoms with Gasteiger partial charge < -0.3 is 14.5 Å². The number of aromatic nitrogens is 6. The van der Waals surface area contributed by atoms with E-state index in [9.17, 15) is 18.0 Å². The van der Waals surface area contributed by atoms with Crippen LogP contribution < -0.4 is 9.64 Å². The molecule has 1 saturated heterocycles. The van der Waals surface area contributed by atoms with Crippen molar-refractivity contribution >= 4 is 22.2 Å². The van der Waals surface area contributed by atoms with Crippen LogP contribution in [-0.2, 0) is 17.5 Å². The summed E-state index contributed by atoms with van der Waals surface area (Å²) < 4.78 is 47.4. The fourth-order valence-corrected chi connectivity index (χ4v) is 4.86. The van der Waals surface area contributed by atoms with E-state index in [4.69, 9.17) is 4.74 Å². The van der Waals surface area contributed by atoms with E-state index in [2.05, 4.69) is 25.0 Å². The number of amides is 1. The third-order valence-electron chi connectivity index (χ3n) is 5.63. The van der Waals surface area contributed by atoms with Gasteiger partial charge in [0.15, 0.2) is 5.82 Å². The molecule has 0 unspecified atom stereocenters. The molecule has 0 spiro atoms. The molecular weight excluding hydrogens is 497 g/mol. The maximum atomic E-state index is 13.5. The van der Waals surface area contributed by atoms with E-state index in [0.717, 1.165) is 0 Å². The van der Waals surface area contributed by atoms with Gasteiger partial charge in [-0.2, -0.15) is 18.3 Å². The van der Waals surface area contributed by atoms with E-state index in [-0.39, 0.29) is 36.1 Å². The molecule has 4 heterocycles. The number of nitrogens with zero attached hydrogens (tertiary/aromatic N) is 8. The second-order valence-electron chi connectivity index (χ2n) is 8.70. The molecular formula is C22H27F3N8O2S. The van der Waals surface area contributed by atoms with Gasteiger partial charge in [-0.3, -0.25) is 4.79 Å². The summed E-state index contributed by atoms with van der Waals surface area (Å²) in [5.74, 6) is 0.694. The first-order chi connectivity index (χ1) is 17.1. The standard InChI is InChI=1S/C22H27F3N8O2S/c1-5-35-21-26-8-15(9-27-21)17-19(36-20(29-17)22(23,24)25)31-6-7-33(14(4)10-31)16(34)11-32-12-28-18(30-32)13(2)3/h8-9,12-14H,5-7,10-11H2,1-4H3/t14-/m1/s1. The molecule has 0 N–H and O–H groups in total. The Morgan fingerprint density at radius 3 is 2.53 bits per heavy atom. The van der Waals surface area contributed by atoms with Crippen LogP contribution >= 0.6 is 11.3 Å². The van der Waals surface area contributed by atoms with E-state index in [1.165, 1.54) is 23.4 Å². The largest absolute Gasteiger partial charge is 0.464 e. The zero-order chi connectivity index (χ0) is 26.0. The van der Waals surface area contributed by atoms with Crippen LogP contribution in [0, 0.1) is 0 Å². The number of piperazine rings is 1. The molecule has 0 saturated carbocycles. The number of ether oxygens (including phenoxy) is 1. The van der Waals surface area contributed by atoms with Gasteiger partial charge in [-0.1, -0.05) is 25.2 Å². The lowest BCUT2D eigenvalue weighted by atomic mass is 10.1. The fourth-order valence-electron chi connectivity index (χ4n) is 3.87. The molecule has 0 aliphatic carbocycles. The molecule has 10 nitrogen and oxygen atoms in total. The summed E-state index contributed by atoms with van der Waals surface area (Å²) in [4.78, 5) is 32.7. The van der Waals surface area contributed by atoms with Crippen molar-refractivity contribution in [3.63, 3.8) is 0 Å². The number of carbonyl (C=O) groups is 1. The zero-order valence-electron chi connectivity index (χ0n) is 20.4. The minimum absolute atomic E-state index is 0.0532. The Balaban J connectivity index is 1.52. The Morgan fingerprint density at radius 2 is 1.94 bits per heavy atom. The normalized spacial score (nSPS) is 16.6. The molecule has 1 atom stereocenters. The van der Waals surface area contributed by atoms with Crippen molar-refractivity contribution in [1.82, 2.24) is 34.6 Å².